The van der Waals surface area contributed by atoms with E-state index in [9.17, 15) is 10.2 Å². The average Bonchev–Trinajstić information content (AvgIpc) is 3.14. The van der Waals surface area contributed by atoms with E-state index in [4.69, 9.17) is 0 Å². The molecule has 52 heavy (non-hydrogen) atoms. The minimum atomic E-state index is -0.245. The van der Waals surface area contributed by atoms with Crippen LogP contribution in [0, 0.1) is 0 Å². The molecule has 2 unspecified atom stereocenters. The van der Waals surface area contributed by atoms with Crippen LogP contribution in [-0.2, 0) is 0 Å². The van der Waals surface area contributed by atoms with Crippen molar-refractivity contribution >= 4 is 0 Å². The second kappa shape index (κ2) is 44.2. The van der Waals surface area contributed by atoms with Crippen LogP contribution in [0.4, 0.5) is 0 Å². The van der Waals surface area contributed by atoms with Crippen molar-refractivity contribution in [2.24, 2.45) is 0 Å². The second-order valence-corrected chi connectivity index (χ2v) is 15.5. The number of nitrogens with zero attached hydrogens (tertiary/aromatic N) is 1. The Morgan fingerprint density at radius 1 is 0.423 bits per heavy atom. The third-order valence-electron chi connectivity index (χ3n) is 10.1. The minimum Gasteiger partial charge on any atom is -0.392 e. The highest BCUT2D eigenvalue weighted by atomic mass is 16.3. The molecule has 306 valence electrons. The van der Waals surface area contributed by atoms with Crippen LogP contribution in [0.1, 0.15) is 194 Å². The maximum atomic E-state index is 10.3. The fourth-order valence-corrected chi connectivity index (χ4v) is 6.48. The molecule has 0 bridgehead atoms. The number of hydrogen-bond donors (Lipinski definition) is 4. The van der Waals surface area contributed by atoms with E-state index in [0.717, 1.165) is 64.7 Å². The van der Waals surface area contributed by atoms with Crippen molar-refractivity contribution in [2.75, 3.05) is 46.3 Å². The Balaban J connectivity index is 3.45. The van der Waals surface area contributed by atoms with Crippen molar-refractivity contribution in [3.63, 3.8) is 0 Å². The standard InChI is InChI=1S/C47H91N3O2/c1-4-6-8-10-12-14-16-18-20-22-24-26-28-30-32-34-36-38-46(51)44-48-40-42-50(3)43-41-49-45-47(52)39-37-35-33-31-29-27-25-23-21-19-17-15-13-11-9-7-5-2/h18-21,24-27,46-49,51-52H,4-17,22-23,28-45H2,1-3H3/b20-18-,21-19-,26-24-,27-25-. The molecule has 2 atom stereocenters. The normalized spacial score (nSPS) is 13.7. The van der Waals surface area contributed by atoms with Gasteiger partial charge in [0.25, 0.3) is 0 Å². The van der Waals surface area contributed by atoms with E-state index in [2.05, 4.69) is 85.0 Å². The molecule has 0 saturated heterocycles. The van der Waals surface area contributed by atoms with Crippen molar-refractivity contribution in [1.82, 2.24) is 15.5 Å². The first kappa shape index (κ1) is 50.8. The van der Waals surface area contributed by atoms with Crippen molar-refractivity contribution in [1.29, 1.82) is 0 Å². The number of allylic oxidation sites excluding steroid dienone is 8. The highest BCUT2D eigenvalue weighted by Crippen LogP contribution is 2.11. The molecule has 0 spiro atoms. The highest BCUT2D eigenvalue weighted by Gasteiger charge is 2.06. The Bertz CT molecular complexity index is 732. The SMILES string of the molecule is CCCCCCCC/C=C\C/C=C\CCCCCCC(O)CNCCN(C)CCNCC(O)CCCCCC/C=C\C/C=C\CCCCCCCC. The largest absolute Gasteiger partial charge is 0.392 e. The topological polar surface area (TPSA) is 67.8 Å². The van der Waals surface area contributed by atoms with Gasteiger partial charge in [-0.25, -0.2) is 0 Å². The Morgan fingerprint density at radius 2 is 0.731 bits per heavy atom. The molecule has 0 radical (unpaired) electrons. The fraction of sp³-hybridized carbons (Fsp3) is 0.830. The van der Waals surface area contributed by atoms with Gasteiger partial charge in [-0.2, -0.15) is 0 Å². The maximum absolute atomic E-state index is 10.3. The monoisotopic (exact) mass is 730 g/mol. The number of rotatable bonds is 42. The Labute approximate surface area is 325 Å². The maximum Gasteiger partial charge on any atom is 0.0664 e. The predicted octanol–water partition coefficient (Wildman–Crippen LogP) is 12.0. The number of aliphatic hydroxyl groups is 2. The van der Waals surface area contributed by atoms with Crippen LogP contribution in [0.5, 0.6) is 0 Å². The van der Waals surface area contributed by atoms with E-state index in [0.29, 0.717) is 13.1 Å². The van der Waals surface area contributed by atoms with Gasteiger partial charge in [-0.3, -0.25) is 0 Å². The van der Waals surface area contributed by atoms with Gasteiger partial charge >= 0.3 is 0 Å². The van der Waals surface area contributed by atoms with Crippen LogP contribution < -0.4 is 10.6 Å². The van der Waals surface area contributed by atoms with E-state index in [1.54, 1.807) is 0 Å². The molecule has 0 aromatic rings. The second-order valence-electron chi connectivity index (χ2n) is 15.5. The van der Waals surface area contributed by atoms with Crippen LogP contribution in [0.2, 0.25) is 0 Å². The molecule has 0 aromatic carbocycles. The number of aliphatic hydroxyl groups excluding tert-OH is 2. The van der Waals surface area contributed by atoms with E-state index in [1.165, 1.54) is 141 Å². The molecule has 4 N–H and O–H groups in total. The molecule has 0 amide bonds. The van der Waals surface area contributed by atoms with Gasteiger partial charge in [-0.05, 0) is 84.1 Å². The van der Waals surface area contributed by atoms with Gasteiger partial charge in [0, 0.05) is 39.3 Å². The Hall–Kier alpha value is -1.24. The summed E-state index contributed by atoms with van der Waals surface area (Å²) in [7, 11) is 2.14. The quantitative estimate of drug-likeness (QED) is 0.0372. The third-order valence-corrected chi connectivity index (χ3v) is 10.1. The number of nitrogens with one attached hydrogen (secondary N) is 2. The van der Waals surface area contributed by atoms with Gasteiger partial charge in [0.05, 0.1) is 12.2 Å². The molecular formula is C47H91N3O2. The lowest BCUT2D eigenvalue weighted by molar-refractivity contribution is 0.154. The molecule has 0 aliphatic rings. The van der Waals surface area contributed by atoms with Gasteiger partial charge in [0.1, 0.15) is 0 Å². The third kappa shape index (κ3) is 43.2. The lowest BCUT2D eigenvalue weighted by Crippen LogP contribution is -2.38. The fourth-order valence-electron chi connectivity index (χ4n) is 6.48. The zero-order chi connectivity index (χ0) is 37.8. The first-order valence-corrected chi connectivity index (χ1v) is 22.7. The van der Waals surface area contributed by atoms with Crippen molar-refractivity contribution in [2.45, 2.75) is 206 Å². The van der Waals surface area contributed by atoms with Crippen LogP contribution in [0.3, 0.4) is 0 Å². The zero-order valence-electron chi connectivity index (χ0n) is 35.2. The number of hydrogen-bond acceptors (Lipinski definition) is 5. The van der Waals surface area contributed by atoms with Crippen molar-refractivity contribution < 1.29 is 10.2 Å². The minimum absolute atomic E-state index is 0.245. The molecule has 0 aromatic heterocycles. The highest BCUT2D eigenvalue weighted by molar-refractivity contribution is 4.93. The van der Waals surface area contributed by atoms with Gasteiger partial charge in [0.15, 0.2) is 0 Å². The van der Waals surface area contributed by atoms with E-state index >= 15 is 0 Å². The van der Waals surface area contributed by atoms with Gasteiger partial charge in [-0.15, -0.1) is 0 Å². The molecular weight excluding hydrogens is 639 g/mol. The first-order valence-electron chi connectivity index (χ1n) is 22.7. The van der Waals surface area contributed by atoms with Crippen molar-refractivity contribution in [3.05, 3.63) is 48.6 Å². The molecule has 5 heteroatoms. The van der Waals surface area contributed by atoms with Crippen LogP contribution in [0.15, 0.2) is 48.6 Å². The number of unbranched alkanes of at least 4 members (excludes halogenated alkanes) is 20. The predicted molar refractivity (Wildman–Crippen MR) is 232 cm³/mol. The summed E-state index contributed by atoms with van der Waals surface area (Å²) in [6.07, 6.45) is 53.1. The van der Waals surface area contributed by atoms with Gasteiger partial charge < -0.3 is 25.7 Å². The first-order chi connectivity index (χ1) is 25.6. The summed E-state index contributed by atoms with van der Waals surface area (Å²) in [5.74, 6) is 0. The van der Waals surface area contributed by atoms with Crippen LogP contribution in [-0.4, -0.2) is 73.6 Å². The lowest BCUT2D eigenvalue weighted by Gasteiger charge is -2.19. The molecule has 0 heterocycles. The van der Waals surface area contributed by atoms with Gasteiger partial charge in [0.2, 0.25) is 0 Å². The Kier molecular flexibility index (Phi) is 43.1. The lowest BCUT2D eigenvalue weighted by atomic mass is 10.1. The average molecular weight is 730 g/mol. The van der Waals surface area contributed by atoms with Crippen LogP contribution in [0.25, 0.3) is 0 Å². The summed E-state index contributed by atoms with van der Waals surface area (Å²) in [5.41, 5.74) is 0. The summed E-state index contributed by atoms with van der Waals surface area (Å²) in [4.78, 5) is 2.31. The summed E-state index contributed by atoms with van der Waals surface area (Å²) in [5, 5.41) is 27.5. The molecule has 0 saturated carbocycles. The van der Waals surface area contributed by atoms with Crippen LogP contribution >= 0.6 is 0 Å². The summed E-state index contributed by atoms with van der Waals surface area (Å²) in [6, 6.07) is 0. The van der Waals surface area contributed by atoms with E-state index in [-0.39, 0.29) is 12.2 Å². The summed E-state index contributed by atoms with van der Waals surface area (Å²) < 4.78 is 0. The zero-order valence-corrected chi connectivity index (χ0v) is 35.2. The summed E-state index contributed by atoms with van der Waals surface area (Å²) >= 11 is 0. The van der Waals surface area contributed by atoms with E-state index < -0.39 is 0 Å². The number of likely N-dealkylation sites (N-methyl/N-ethyl adjacent to an activating group) is 1. The van der Waals surface area contributed by atoms with Gasteiger partial charge in [-0.1, -0.05) is 165 Å². The Morgan fingerprint density at radius 3 is 1.08 bits per heavy atom. The van der Waals surface area contributed by atoms with Crippen molar-refractivity contribution in [3.8, 4) is 0 Å². The molecule has 5 nitrogen and oxygen atoms in total. The summed E-state index contributed by atoms with van der Waals surface area (Å²) in [6.45, 7) is 9.63. The van der Waals surface area contributed by atoms with E-state index in [1.807, 2.05) is 0 Å². The molecule has 0 aliphatic carbocycles. The molecule has 0 rings (SSSR count). The molecule has 0 fully saturated rings. The molecule has 0 aliphatic heterocycles. The smallest absolute Gasteiger partial charge is 0.0664 e.